The maximum Gasteiger partial charge on any atom is 0.259 e. The number of anilines is 1. The Labute approximate surface area is 120 Å². The zero-order valence-electron chi connectivity index (χ0n) is 11.5. The van der Waals surface area contributed by atoms with Crippen molar-refractivity contribution in [3.8, 4) is 11.4 Å². The van der Waals surface area contributed by atoms with Crippen LogP contribution in [0.25, 0.3) is 11.4 Å². The second kappa shape index (κ2) is 5.16. The van der Waals surface area contributed by atoms with Gasteiger partial charge in [0, 0.05) is 24.0 Å². The van der Waals surface area contributed by atoms with E-state index >= 15 is 0 Å². The lowest BCUT2D eigenvalue weighted by Crippen LogP contribution is -2.12. The molecule has 0 aliphatic heterocycles. The minimum atomic E-state index is -0.213. The molecule has 1 aromatic carbocycles. The molecule has 8 nitrogen and oxygen atoms in total. The van der Waals surface area contributed by atoms with Crippen LogP contribution in [0.5, 0.6) is 0 Å². The van der Waals surface area contributed by atoms with E-state index in [-0.39, 0.29) is 5.91 Å². The van der Waals surface area contributed by atoms with Crippen LogP contribution < -0.4 is 5.32 Å². The van der Waals surface area contributed by atoms with Gasteiger partial charge in [-0.2, -0.15) is 5.10 Å². The Balaban J connectivity index is 1.86. The van der Waals surface area contributed by atoms with E-state index in [4.69, 9.17) is 0 Å². The average molecular weight is 283 g/mol. The van der Waals surface area contributed by atoms with Crippen molar-refractivity contribution in [1.82, 2.24) is 30.4 Å². The first-order valence-corrected chi connectivity index (χ1v) is 6.29. The first kappa shape index (κ1) is 13.0. The molecule has 2 aromatic heterocycles. The van der Waals surface area contributed by atoms with E-state index in [9.17, 15) is 4.79 Å². The maximum absolute atomic E-state index is 12.1. The van der Waals surface area contributed by atoms with Crippen molar-refractivity contribution in [3.05, 3.63) is 41.7 Å². The number of aromatic nitrogens is 6. The quantitative estimate of drug-likeness (QED) is 0.751. The van der Waals surface area contributed by atoms with E-state index in [1.807, 2.05) is 18.2 Å². The fraction of sp³-hybridized carbons (Fsp3) is 0.154. The predicted molar refractivity (Wildman–Crippen MR) is 75.5 cm³/mol. The van der Waals surface area contributed by atoms with Gasteiger partial charge in [0.05, 0.1) is 11.8 Å². The Hall–Kier alpha value is -3.03. The van der Waals surface area contributed by atoms with Crippen LogP contribution in [-0.2, 0) is 7.05 Å². The molecule has 1 amide bonds. The molecule has 21 heavy (non-hydrogen) atoms. The van der Waals surface area contributed by atoms with Crippen LogP contribution in [0.15, 0.2) is 30.5 Å². The first-order valence-electron chi connectivity index (χ1n) is 6.29. The number of rotatable bonds is 3. The molecule has 2 heterocycles. The van der Waals surface area contributed by atoms with Crippen molar-refractivity contribution in [2.45, 2.75) is 6.92 Å². The van der Waals surface area contributed by atoms with Crippen LogP contribution in [0.1, 0.15) is 16.1 Å². The summed E-state index contributed by atoms with van der Waals surface area (Å²) in [5.41, 5.74) is 2.73. The Morgan fingerprint density at radius 2 is 2.24 bits per heavy atom. The van der Waals surface area contributed by atoms with Crippen LogP contribution in [0.2, 0.25) is 0 Å². The van der Waals surface area contributed by atoms with Crippen LogP contribution in [0.3, 0.4) is 0 Å². The summed E-state index contributed by atoms with van der Waals surface area (Å²) in [6.07, 6.45) is 1.50. The van der Waals surface area contributed by atoms with Gasteiger partial charge in [-0.25, -0.2) is 4.68 Å². The second-order valence-electron chi connectivity index (χ2n) is 4.57. The lowest BCUT2D eigenvalue weighted by Gasteiger charge is -2.06. The number of nitrogens with one attached hydrogen (secondary N) is 2. The summed E-state index contributed by atoms with van der Waals surface area (Å²) >= 11 is 0. The van der Waals surface area contributed by atoms with Crippen LogP contribution in [-0.4, -0.2) is 36.3 Å². The third kappa shape index (κ3) is 2.50. The zero-order chi connectivity index (χ0) is 14.8. The topological polar surface area (TPSA) is 101 Å². The van der Waals surface area contributed by atoms with Gasteiger partial charge < -0.3 is 5.32 Å². The highest BCUT2D eigenvalue weighted by Crippen LogP contribution is 2.20. The van der Waals surface area contributed by atoms with Gasteiger partial charge in [0.15, 0.2) is 5.82 Å². The standard InChI is InChI=1S/C13H13N7O/c1-8-11(7-14-16-8)13(21)15-10-5-3-4-9(6-10)12-17-18-19-20(12)2/h3-7H,1-2H3,(H,14,16)(H,15,21). The van der Waals surface area contributed by atoms with Crippen molar-refractivity contribution >= 4 is 11.6 Å². The normalized spacial score (nSPS) is 10.6. The molecule has 3 aromatic rings. The van der Waals surface area contributed by atoms with E-state index in [1.54, 1.807) is 24.7 Å². The van der Waals surface area contributed by atoms with Gasteiger partial charge >= 0.3 is 0 Å². The van der Waals surface area contributed by atoms with E-state index < -0.39 is 0 Å². The largest absolute Gasteiger partial charge is 0.322 e. The molecule has 0 unspecified atom stereocenters. The van der Waals surface area contributed by atoms with Gasteiger partial charge in [-0.05, 0) is 29.5 Å². The molecule has 0 atom stereocenters. The summed E-state index contributed by atoms with van der Waals surface area (Å²) in [4.78, 5) is 12.1. The van der Waals surface area contributed by atoms with E-state index in [0.29, 0.717) is 17.1 Å². The highest BCUT2D eigenvalue weighted by atomic mass is 16.1. The maximum atomic E-state index is 12.1. The molecule has 0 fully saturated rings. The summed E-state index contributed by atoms with van der Waals surface area (Å²) in [5.74, 6) is 0.417. The number of carbonyl (C=O) groups excluding carboxylic acids is 1. The van der Waals surface area contributed by atoms with Crippen LogP contribution in [0.4, 0.5) is 5.69 Å². The predicted octanol–water partition coefficient (Wildman–Crippen LogP) is 1.16. The molecule has 0 bridgehead atoms. The highest BCUT2D eigenvalue weighted by Gasteiger charge is 2.12. The van der Waals surface area contributed by atoms with E-state index in [0.717, 1.165) is 11.3 Å². The minimum absolute atomic E-state index is 0.213. The van der Waals surface area contributed by atoms with Crippen molar-refractivity contribution in [2.75, 3.05) is 5.32 Å². The molecular weight excluding hydrogens is 270 g/mol. The average Bonchev–Trinajstić information content (AvgIpc) is 3.07. The Kier molecular flexibility index (Phi) is 3.19. The SMILES string of the molecule is Cc1[nH]ncc1C(=O)Nc1cccc(-c2nnnn2C)c1. The summed E-state index contributed by atoms with van der Waals surface area (Å²) in [6.45, 7) is 1.80. The monoisotopic (exact) mass is 283 g/mol. The van der Waals surface area contributed by atoms with Crippen molar-refractivity contribution in [2.24, 2.45) is 7.05 Å². The summed E-state index contributed by atoms with van der Waals surface area (Å²) < 4.78 is 1.57. The number of nitrogens with zero attached hydrogens (tertiary/aromatic N) is 5. The number of H-pyrrole nitrogens is 1. The van der Waals surface area contributed by atoms with Crippen LogP contribution >= 0.6 is 0 Å². The fourth-order valence-corrected chi connectivity index (χ4v) is 1.99. The fourth-order valence-electron chi connectivity index (χ4n) is 1.99. The highest BCUT2D eigenvalue weighted by molar-refractivity contribution is 6.05. The van der Waals surface area contributed by atoms with Crippen LogP contribution in [0, 0.1) is 6.92 Å². The Bertz CT molecular complexity index is 789. The number of hydrogen-bond donors (Lipinski definition) is 2. The van der Waals surface area contributed by atoms with Crippen molar-refractivity contribution in [3.63, 3.8) is 0 Å². The molecule has 106 valence electrons. The van der Waals surface area contributed by atoms with E-state index in [2.05, 4.69) is 31.0 Å². The molecule has 3 rings (SSSR count). The molecular formula is C13H13N7O. The Morgan fingerprint density at radius 3 is 2.90 bits per heavy atom. The zero-order valence-corrected chi connectivity index (χ0v) is 11.5. The minimum Gasteiger partial charge on any atom is -0.322 e. The van der Waals surface area contributed by atoms with Gasteiger partial charge in [0.1, 0.15) is 0 Å². The van der Waals surface area contributed by atoms with Gasteiger partial charge in [-0.3, -0.25) is 9.89 Å². The van der Waals surface area contributed by atoms with Crippen molar-refractivity contribution in [1.29, 1.82) is 0 Å². The summed E-state index contributed by atoms with van der Waals surface area (Å²) in [5, 5.41) is 20.7. The first-order chi connectivity index (χ1) is 10.1. The molecule has 0 saturated heterocycles. The Morgan fingerprint density at radius 1 is 1.38 bits per heavy atom. The van der Waals surface area contributed by atoms with Gasteiger partial charge in [0.25, 0.3) is 5.91 Å². The van der Waals surface area contributed by atoms with Gasteiger partial charge in [0.2, 0.25) is 0 Å². The number of amides is 1. The number of aryl methyl sites for hydroxylation is 2. The molecule has 0 aliphatic carbocycles. The number of tetrazole rings is 1. The molecule has 0 radical (unpaired) electrons. The van der Waals surface area contributed by atoms with Crippen molar-refractivity contribution < 1.29 is 4.79 Å². The smallest absolute Gasteiger partial charge is 0.259 e. The second-order valence-corrected chi connectivity index (χ2v) is 4.57. The molecule has 2 N–H and O–H groups in total. The van der Waals surface area contributed by atoms with E-state index in [1.165, 1.54) is 6.20 Å². The lowest BCUT2D eigenvalue weighted by atomic mass is 10.1. The third-order valence-electron chi connectivity index (χ3n) is 3.07. The molecule has 0 spiro atoms. The number of carbonyl (C=O) groups is 1. The number of aromatic amines is 1. The number of benzene rings is 1. The lowest BCUT2D eigenvalue weighted by molar-refractivity contribution is 0.102. The molecule has 8 heteroatoms. The third-order valence-corrected chi connectivity index (χ3v) is 3.07. The molecule has 0 saturated carbocycles. The van der Waals surface area contributed by atoms with Gasteiger partial charge in [-0.15, -0.1) is 5.10 Å². The molecule has 0 aliphatic rings. The summed E-state index contributed by atoms with van der Waals surface area (Å²) in [7, 11) is 1.76. The number of hydrogen-bond acceptors (Lipinski definition) is 5. The summed E-state index contributed by atoms with van der Waals surface area (Å²) in [6, 6.07) is 7.34. The van der Waals surface area contributed by atoms with Gasteiger partial charge in [-0.1, -0.05) is 12.1 Å².